The molecule has 1 N–H and O–H groups in total. The molecule has 0 spiro atoms. The lowest BCUT2D eigenvalue weighted by Gasteiger charge is -2.26. The van der Waals surface area contributed by atoms with Crippen molar-refractivity contribution in [2.75, 3.05) is 13.1 Å². The molecule has 0 fully saturated rings. The van der Waals surface area contributed by atoms with Crippen molar-refractivity contribution >= 4 is 17.6 Å². The Morgan fingerprint density at radius 1 is 1.47 bits per heavy atom. The molecule has 0 aliphatic rings. The molecule has 0 bridgehead atoms. The van der Waals surface area contributed by atoms with Crippen LogP contribution in [0.15, 0.2) is 18.2 Å². The average Bonchev–Trinajstić information content (AvgIpc) is 2.29. The van der Waals surface area contributed by atoms with Gasteiger partial charge in [0.2, 0.25) is 0 Å². The summed E-state index contributed by atoms with van der Waals surface area (Å²) in [6.07, 6.45) is 0. The summed E-state index contributed by atoms with van der Waals surface area (Å²) >= 11 is 5.58. The average molecular weight is 260 g/mol. The van der Waals surface area contributed by atoms with Crippen LogP contribution >= 0.6 is 11.6 Å². The first-order valence-electron chi connectivity index (χ1n) is 5.43. The van der Waals surface area contributed by atoms with E-state index in [1.54, 1.807) is 11.0 Å². The van der Waals surface area contributed by atoms with Crippen LogP contribution in [0.25, 0.3) is 0 Å². The molecule has 1 unspecified atom stereocenters. The Morgan fingerprint density at radius 2 is 2.06 bits per heavy atom. The van der Waals surface area contributed by atoms with Crippen LogP contribution in [-0.4, -0.2) is 29.1 Å². The Bertz CT molecular complexity index is 407. The van der Waals surface area contributed by atoms with E-state index in [0.29, 0.717) is 18.7 Å². The fourth-order valence-corrected chi connectivity index (χ4v) is 1.90. The molecule has 0 heterocycles. The smallest absolute Gasteiger partial charge is 0.325 e. The van der Waals surface area contributed by atoms with Gasteiger partial charge in [0.05, 0.1) is 5.02 Å². The Balaban J connectivity index is 3.13. The van der Waals surface area contributed by atoms with Crippen molar-refractivity contribution in [2.24, 2.45) is 0 Å². The van der Waals surface area contributed by atoms with Crippen molar-refractivity contribution < 1.29 is 14.3 Å². The van der Waals surface area contributed by atoms with E-state index in [2.05, 4.69) is 0 Å². The third kappa shape index (κ3) is 3.17. The molecule has 5 heteroatoms. The standard InChI is InChI=1S/C12H15ClFNO2/c1-3-15(4-2)11(12(16)17)8-5-6-9(13)10(14)7-8/h5-7,11H,3-4H2,1-2H3,(H,16,17). The van der Waals surface area contributed by atoms with E-state index in [4.69, 9.17) is 11.6 Å². The largest absolute Gasteiger partial charge is 0.480 e. The van der Waals surface area contributed by atoms with Gasteiger partial charge in [-0.3, -0.25) is 9.69 Å². The summed E-state index contributed by atoms with van der Waals surface area (Å²) in [6.45, 7) is 4.90. The number of carboxylic acid groups (broad SMARTS) is 1. The first kappa shape index (κ1) is 13.9. The van der Waals surface area contributed by atoms with Crippen molar-refractivity contribution in [3.63, 3.8) is 0 Å². The number of carboxylic acids is 1. The Morgan fingerprint density at radius 3 is 2.47 bits per heavy atom. The molecule has 1 aromatic rings. The van der Waals surface area contributed by atoms with Crippen molar-refractivity contribution in [1.82, 2.24) is 4.90 Å². The minimum Gasteiger partial charge on any atom is -0.480 e. The number of hydrogen-bond acceptors (Lipinski definition) is 2. The van der Waals surface area contributed by atoms with Gasteiger partial charge in [0.15, 0.2) is 0 Å². The Kier molecular flexibility index (Phi) is 4.90. The summed E-state index contributed by atoms with van der Waals surface area (Å²) in [5, 5.41) is 9.22. The molecule has 0 aromatic heterocycles. The number of benzene rings is 1. The monoisotopic (exact) mass is 259 g/mol. The molecule has 1 rings (SSSR count). The number of likely N-dealkylation sites (N-methyl/N-ethyl adjacent to an activating group) is 1. The van der Waals surface area contributed by atoms with E-state index in [0.717, 1.165) is 0 Å². The van der Waals surface area contributed by atoms with Gasteiger partial charge < -0.3 is 5.11 Å². The topological polar surface area (TPSA) is 40.5 Å². The lowest BCUT2D eigenvalue weighted by molar-refractivity contribution is -0.143. The molecule has 0 saturated heterocycles. The molecule has 0 aliphatic carbocycles. The molecule has 3 nitrogen and oxygen atoms in total. The summed E-state index contributed by atoms with van der Waals surface area (Å²) in [4.78, 5) is 13.0. The van der Waals surface area contributed by atoms with Crippen LogP contribution in [0.3, 0.4) is 0 Å². The molecule has 1 aromatic carbocycles. The van der Waals surface area contributed by atoms with Crippen molar-refractivity contribution in [3.8, 4) is 0 Å². The number of hydrogen-bond donors (Lipinski definition) is 1. The van der Waals surface area contributed by atoms with Gasteiger partial charge in [0.1, 0.15) is 11.9 Å². The maximum Gasteiger partial charge on any atom is 0.325 e. The lowest BCUT2D eigenvalue weighted by atomic mass is 10.1. The fraction of sp³-hybridized carbons (Fsp3) is 0.417. The zero-order valence-electron chi connectivity index (χ0n) is 9.78. The minimum atomic E-state index is -0.990. The van der Waals surface area contributed by atoms with E-state index in [1.807, 2.05) is 13.8 Å². The second kappa shape index (κ2) is 5.98. The third-order valence-corrected chi connectivity index (χ3v) is 2.98. The Hall–Kier alpha value is -1.13. The molecule has 94 valence electrons. The predicted octanol–water partition coefficient (Wildman–Crippen LogP) is 2.95. The lowest BCUT2D eigenvalue weighted by Crippen LogP contribution is -2.33. The van der Waals surface area contributed by atoms with Gasteiger partial charge >= 0.3 is 5.97 Å². The zero-order chi connectivity index (χ0) is 13.0. The zero-order valence-corrected chi connectivity index (χ0v) is 10.5. The predicted molar refractivity (Wildman–Crippen MR) is 64.7 cm³/mol. The second-order valence-corrected chi connectivity index (χ2v) is 4.04. The first-order chi connectivity index (χ1) is 8.01. The van der Waals surface area contributed by atoms with Gasteiger partial charge in [-0.05, 0) is 30.8 Å². The van der Waals surface area contributed by atoms with Crippen LogP contribution in [-0.2, 0) is 4.79 Å². The van der Waals surface area contributed by atoms with E-state index < -0.39 is 17.8 Å². The van der Waals surface area contributed by atoms with Gasteiger partial charge in [-0.25, -0.2) is 4.39 Å². The van der Waals surface area contributed by atoms with Crippen molar-refractivity contribution in [1.29, 1.82) is 0 Å². The molecular weight excluding hydrogens is 245 g/mol. The van der Waals surface area contributed by atoms with Crippen LogP contribution in [0.5, 0.6) is 0 Å². The van der Waals surface area contributed by atoms with Gasteiger partial charge in [-0.1, -0.05) is 31.5 Å². The molecule has 0 amide bonds. The maximum absolute atomic E-state index is 13.3. The summed E-state index contributed by atoms with van der Waals surface area (Å²) in [5.41, 5.74) is 0.406. The number of rotatable bonds is 5. The van der Waals surface area contributed by atoms with E-state index in [-0.39, 0.29) is 5.02 Å². The summed E-state index contributed by atoms with van der Waals surface area (Å²) in [7, 11) is 0. The van der Waals surface area contributed by atoms with Crippen LogP contribution < -0.4 is 0 Å². The number of halogens is 2. The summed E-state index contributed by atoms with van der Waals surface area (Å²) < 4.78 is 13.3. The molecule has 17 heavy (non-hydrogen) atoms. The second-order valence-electron chi connectivity index (χ2n) is 3.64. The van der Waals surface area contributed by atoms with Crippen molar-refractivity contribution in [2.45, 2.75) is 19.9 Å². The molecule has 0 radical (unpaired) electrons. The molecule has 0 aliphatic heterocycles. The highest BCUT2D eigenvalue weighted by Gasteiger charge is 2.25. The molecule has 0 saturated carbocycles. The van der Waals surface area contributed by atoms with Crippen LogP contribution in [0, 0.1) is 5.82 Å². The fourth-order valence-electron chi connectivity index (χ4n) is 1.78. The van der Waals surface area contributed by atoms with Gasteiger partial charge in [-0.2, -0.15) is 0 Å². The molecule has 1 atom stereocenters. The SMILES string of the molecule is CCN(CC)C(C(=O)O)c1ccc(Cl)c(F)c1. The number of nitrogens with zero attached hydrogens (tertiary/aromatic N) is 1. The first-order valence-corrected chi connectivity index (χ1v) is 5.80. The normalized spacial score (nSPS) is 12.8. The minimum absolute atomic E-state index is 0.00237. The summed E-state index contributed by atoms with van der Waals surface area (Å²) in [6, 6.07) is 3.27. The van der Waals surface area contributed by atoms with Gasteiger partial charge in [-0.15, -0.1) is 0 Å². The van der Waals surface area contributed by atoms with Crippen LogP contribution in [0.2, 0.25) is 5.02 Å². The maximum atomic E-state index is 13.3. The highest BCUT2D eigenvalue weighted by atomic mass is 35.5. The summed E-state index contributed by atoms with van der Waals surface area (Å²) in [5.74, 6) is -1.59. The Labute approximate surface area is 105 Å². The van der Waals surface area contributed by atoms with Crippen molar-refractivity contribution in [3.05, 3.63) is 34.6 Å². The number of carbonyl (C=O) groups is 1. The van der Waals surface area contributed by atoms with E-state index >= 15 is 0 Å². The quantitative estimate of drug-likeness (QED) is 0.884. The van der Waals surface area contributed by atoms with E-state index in [9.17, 15) is 14.3 Å². The van der Waals surface area contributed by atoms with Crippen LogP contribution in [0.4, 0.5) is 4.39 Å². The van der Waals surface area contributed by atoms with E-state index in [1.165, 1.54) is 12.1 Å². The number of aliphatic carboxylic acids is 1. The highest BCUT2D eigenvalue weighted by molar-refractivity contribution is 6.30. The third-order valence-electron chi connectivity index (χ3n) is 2.67. The highest BCUT2D eigenvalue weighted by Crippen LogP contribution is 2.24. The van der Waals surface area contributed by atoms with Gasteiger partial charge in [0, 0.05) is 0 Å². The van der Waals surface area contributed by atoms with Gasteiger partial charge in [0.25, 0.3) is 0 Å². The van der Waals surface area contributed by atoms with Crippen LogP contribution in [0.1, 0.15) is 25.5 Å². The molecular formula is C12H15ClFNO2.